The van der Waals surface area contributed by atoms with Gasteiger partial charge in [0.1, 0.15) is 0 Å². The van der Waals surface area contributed by atoms with Crippen LogP contribution in [0, 0.1) is 0 Å². The minimum absolute atomic E-state index is 0.140. The molecule has 2 atom stereocenters. The highest BCUT2D eigenvalue weighted by Gasteiger charge is 2.38. The average Bonchev–Trinajstić information content (AvgIpc) is 3.28. The Labute approximate surface area is 391 Å². The third-order valence-electron chi connectivity index (χ3n) is 12.9. The van der Waals surface area contributed by atoms with Crippen molar-refractivity contribution >= 4 is 17.5 Å². The molecule has 0 bridgehead atoms. The summed E-state index contributed by atoms with van der Waals surface area (Å²) in [4.78, 5) is 39.3. The van der Waals surface area contributed by atoms with Crippen molar-refractivity contribution in [3.63, 3.8) is 0 Å². The summed E-state index contributed by atoms with van der Waals surface area (Å²) in [5.41, 5.74) is 0. The minimum Gasteiger partial charge on any atom is -0.456 e. The minimum atomic E-state index is -1.71. The molecule has 2 unspecified atom stereocenters. The van der Waals surface area contributed by atoms with Gasteiger partial charge < -0.3 is 14.9 Å². The van der Waals surface area contributed by atoms with Gasteiger partial charge in [-0.05, 0) is 70.6 Å². The third kappa shape index (κ3) is 42.6. The Morgan fingerprint density at radius 1 is 0.333 bits per heavy atom. The Bertz CT molecular complexity index is 993. The van der Waals surface area contributed by atoms with Crippen molar-refractivity contribution in [1.82, 2.24) is 0 Å². The highest BCUT2D eigenvalue weighted by molar-refractivity contribution is 5.88. The fraction of sp³-hybridized carbons (Fsp3) is 0.877. The van der Waals surface area contributed by atoms with Crippen LogP contribution >= 0.6 is 0 Å². The normalized spacial score (nSPS) is 13.3. The van der Waals surface area contributed by atoms with Crippen molar-refractivity contribution in [3.05, 3.63) is 24.3 Å². The van der Waals surface area contributed by atoms with E-state index in [0.717, 1.165) is 83.5 Å². The Kier molecular flexibility index (Phi) is 48.2. The van der Waals surface area contributed by atoms with Gasteiger partial charge in [0, 0.05) is 19.3 Å². The average molecular weight is 887 g/mol. The lowest BCUT2D eigenvalue weighted by Crippen LogP contribution is -2.48. The number of esters is 1. The first-order valence-electron chi connectivity index (χ1n) is 27.8. The number of hydrogen-bond acceptors (Lipinski definition) is 6. The summed E-state index contributed by atoms with van der Waals surface area (Å²) in [7, 11) is 0. The van der Waals surface area contributed by atoms with Gasteiger partial charge in [0.25, 0.3) is 0 Å². The summed E-state index contributed by atoms with van der Waals surface area (Å²) in [6.07, 6.45) is 53.1. The summed E-state index contributed by atoms with van der Waals surface area (Å²) in [5.74, 6) is -1.49. The molecule has 0 aliphatic heterocycles. The van der Waals surface area contributed by atoms with Gasteiger partial charge in [-0.3, -0.25) is 14.4 Å². The second-order valence-electron chi connectivity index (χ2n) is 19.1. The molecule has 0 spiro atoms. The standard InChI is InChI=1S/C57H106O6/c1-4-7-10-13-16-19-22-25-28-31-34-37-40-43-46-49-52(58)55(61)57(63-54(60)51-48-45-42-39-36-33-30-27-24-21-18-15-12-9-6-3)56(62)53(59)50-47-44-41-38-35-32-29-26-23-20-17-14-11-8-5-2/h25-26,28-29,55-57,61-62H,4-24,27,30-51H2,1-3H3/b28-25-,29-26-. The Balaban J connectivity index is 4.64. The number of rotatable bonds is 51. The molecule has 0 heterocycles. The van der Waals surface area contributed by atoms with E-state index in [-0.39, 0.29) is 19.3 Å². The fourth-order valence-electron chi connectivity index (χ4n) is 8.56. The van der Waals surface area contributed by atoms with Gasteiger partial charge >= 0.3 is 5.97 Å². The third-order valence-corrected chi connectivity index (χ3v) is 12.9. The first kappa shape index (κ1) is 61.2. The molecule has 0 aromatic carbocycles. The molecule has 6 heteroatoms. The number of aliphatic hydroxyl groups excluding tert-OH is 2. The quantitative estimate of drug-likeness (QED) is 0.0358. The Hall–Kier alpha value is -1.79. The van der Waals surface area contributed by atoms with Gasteiger partial charge in [-0.1, -0.05) is 238 Å². The first-order valence-corrected chi connectivity index (χ1v) is 27.8. The number of ether oxygens (including phenoxy) is 1. The lowest BCUT2D eigenvalue weighted by molar-refractivity contribution is -0.170. The van der Waals surface area contributed by atoms with Crippen molar-refractivity contribution in [1.29, 1.82) is 0 Å². The van der Waals surface area contributed by atoms with Crippen LogP contribution in [0.15, 0.2) is 24.3 Å². The van der Waals surface area contributed by atoms with E-state index in [0.29, 0.717) is 19.3 Å². The zero-order valence-electron chi connectivity index (χ0n) is 42.2. The predicted molar refractivity (Wildman–Crippen MR) is 270 cm³/mol. The maximum absolute atomic E-state index is 13.2. The molecule has 0 saturated heterocycles. The topological polar surface area (TPSA) is 101 Å². The van der Waals surface area contributed by atoms with Crippen molar-refractivity contribution in [2.75, 3.05) is 0 Å². The number of Topliss-reactive ketones (excluding diaryl/α,β-unsaturated/α-hetero) is 2. The largest absolute Gasteiger partial charge is 0.456 e. The van der Waals surface area contributed by atoms with Crippen molar-refractivity contribution in [3.8, 4) is 0 Å². The number of hydrogen-bond donors (Lipinski definition) is 2. The van der Waals surface area contributed by atoms with Gasteiger partial charge in [0.15, 0.2) is 29.9 Å². The van der Waals surface area contributed by atoms with Gasteiger partial charge in [0.05, 0.1) is 0 Å². The molecule has 0 aliphatic rings. The van der Waals surface area contributed by atoms with Crippen LogP contribution in [0.25, 0.3) is 0 Å². The smallest absolute Gasteiger partial charge is 0.306 e. The molecule has 0 aromatic rings. The van der Waals surface area contributed by atoms with Crippen LogP contribution in [0.3, 0.4) is 0 Å². The van der Waals surface area contributed by atoms with E-state index < -0.39 is 35.8 Å². The van der Waals surface area contributed by atoms with E-state index in [1.807, 2.05) is 0 Å². The molecule has 0 amide bonds. The molecule has 0 aliphatic carbocycles. The van der Waals surface area contributed by atoms with E-state index in [9.17, 15) is 24.6 Å². The Morgan fingerprint density at radius 3 is 0.825 bits per heavy atom. The molecule has 370 valence electrons. The number of carbonyl (C=O) groups is 3. The summed E-state index contributed by atoms with van der Waals surface area (Å²) >= 11 is 0. The summed E-state index contributed by atoms with van der Waals surface area (Å²) in [5, 5.41) is 22.2. The summed E-state index contributed by atoms with van der Waals surface area (Å²) in [6.45, 7) is 6.77. The second-order valence-corrected chi connectivity index (χ2v) is 19.1. The second kappa shape index (κ2) is 49.6. The van der Waals surface area contributed by atoms with Gasteiger partial charge in [-0.15, -0.1) is 0 Å². The maximum Gasteiger partial charge on any atom is 0.306 e. The van der Waals surface area contributed by atoms with Crippen LogP contribution in [0.5, 0.6) is 0 Å². The van der Waals surface area contributed by atoms with Crippen LogP contribution in [-0.4, -0.2) is 46.1 Å². The van der Waals surface area contributed by atoms with Crippen molar-refractivity contribution < 1.29 is 29.3 Å². The highest BCUT2D eigenvalue weighted by Crippen LogP contribution is 2.19. The van der Waals surface area contributed by atoms with E-state index in [4.69, 9.17) is 4.74 Å². The molecule has 2 N–H and O–H groups in total. The van der Waals surface area contributed by atoms with Crippen LogP contribution < -0.4 is 0 Å². The molecule has 6 nitrogen and oxygen atoms in total. The van der Waals surface area contributed by atoms with E-state index >= 15 is 0 Å². The molecular formula is C57H106O6. The van der Waals surface area contributed by atoms with Crippen LogP contribution in [0.1, 0.15) is 303 Å². The lowest BCUT2D eigenvalue weighted by atomic mass is 9.95. The maximum atomic E-state index is 13.2. The van der Waals surface area contributed by atoms with Crippen molar-refractivity contribution in [2.24, 2.45) is 0 Å². The first-order chi connectivity index (χ1) is 30.9. The molecule has 63 heavy (non-hydrogen) atoms. The number of carbonyl (C=O) groups excluding carboxylic acids is 3. The van der Waals surface area contributed by atoms with Crippen LogP contribution in [0.2, 0.25) is 0 Å². The molecule has 0 radical (unpaired) electrons. The summed E-state index contributed by atoms with van der Waals surface area (Å²) < 4.78 is 5.60. The molecule has 0 rings (SSSR count). The predicted octanol–water partition coefficient (Wildman–Crippen LogP) is 17.1. The highest BCUT2D eigenvalue weighted by atomic mass is 16.6. The van der Waals surface area contributed by atoms with Crippen molar-refractivity contribution in [2.45, 2.75) is 322 Å². The number of ketones is 2. The molecule has 0 aromatic heterocycles. The van der Waals surface area contributed by atoms with Gasteiger partial charge in [-0.2, -0.15) is 0 Å². The molecular weight excluding hydrogens is 781 g/mol. The molecule has 0 fully saturated rings. The van der Waals surface area contributed by atoms with Crippen LogP contribution in [-0.2, 0) is 19.1 Å². The van der Waals surface area contributed by atoms with Gasteiger partial charge in [-0.25, -0.2) is 0 Å². The molecule has 0 saturated carbocycles. The zero-order chi connectivity index (χ0) is 46.1. The van der Waals surface area contributed by atoms with E-state index in [2.05, 4.69) is 45.1 Å². The van der Waals surface area contributed by atoms with Gasteiger partial charge in [0.2, 0.25) is 0 Å². The SMILES string of the molecule is CCCCCCCC/C=C\CCCCCCCC(=O)C(O)C(OC(=O)CCCCCCCCCCCCCCCCC)C(O)C(=O)CCCCCCC/C=C\CCCCCCCC. The number of allylic oxidation sites excluding steroid dienone is 4. The van der Waals surface area contributed by atoms with E-state index in [1.54, 1.807) is 0 Å². The summed E-state index contributed by atoms with van der Waals surface area (Å²) in [6, 6.07) is 0. The van der Waals surface area contributed by atoms with E-state index in [1.165, 1.54) is 161 Å². The Morgan fingerprint density at radius 2 is 0.556 bits per heavy atom. The van der Waals surface area contributed by atoms with Crippen LogP contribution in [0.4, 0.5) is 0 Å². The monoisotopic (exact) mass is 887 g/mol. The number of unbranched alkanes of at least 4 members (excludes halogenated alkanes) is 36. The number of aliphatic hydroxyl groups is 2. The fourth-order valence-corrected chi connectivity index (χ4v) is 8.56. The lowest BCUT2D eigenvalue weighted by Gasteiger charge is -2.26. The zero-order valence-corrected chi connectivity index (χ0v) is 42.2.